The summed E-state index contributed by atoms with van der Waals surface area (Å²) in [7, 11) is 1.83. The van der Waals surface area contributed by atoms with Crippen molar-refractivity contribution in [2.45, 2.75) is 65.0 Å². The molecule has 1 saturated carbocycles. The number of hydrogen-bond donors (Lipinski definition) is 1. The number of hydrogen-bond acceptors (Lipinski definition) is 5. The van der Waals surface area contributed by atoms with E-state index in [0.29, 0.717) is 19.6 Å². The molecule has 1 aliphatic rings. The van der Waals surface area contributed by atoms with Crippen molar-refractivity contribution in [3.63, 3.8) is 0 Å². The van der Waals surface area contributed by atoms with Crippen molar-refractivity contribution < 1.29 is 14.3 Å². The maximum absolute atomic E-state index is 12.5. The van der Waals surface area contributed by atoms with Crippen LogP contribution in [-0.2, 0) is 20.7 Å². The molecule has 0 unspecified atom stereocenters. The molecule has 6 nitrogen and oxygen atoms in total. The molecule has 0 bridgehead atoms. The van der Waals surface area contributed by atoms with Crippen molar-refractivity contribution in [1.29, 1.82) is 0 Å². The molecule has 1 aromatic rings. The van der Waals surface area contributed by atoms with Gasteiger partial charge < -0.3 is 15.0 Å². The third-order valence-corrected chi connectivity index (χ3v) is 5.70. The maximum Gasteiger partial charge on any atom is 0.226 e. The smallest absolute Gasteiger partial charge is 0.226 e. The van der Waals surface area contributed by atoms with Gasteiger partial charge in [-0.05, 0) is 39.5 Å². The summed E-state index contributed by atoms with van der Waals surface area (Å²) in [5, 5.41) is 5.99. The van der Waals surface area contributed by atoms with Gasteiger partial charge in [0, 0.05) is 31.5 Å². The van der Waals surface area contributed by atoms with E-state index in [9.17, 15) is 9.59 Å². The molecular formula is C19H31N3O3S. The second-order valence-electron chi connectivity index (χ2n) is 6.98. The first-order valence-corrected chi connectivity index (χ1v) is 10.4. The van der Waals surface area contributed by atoms with Gasteiger partial charge in [-0.15, -0.1) is 11.3 Å². The van der Waals surface area contributed by atoms with E-state index in [4.69, 9.17) is 4.74 Å². The third-order valence-electron chi connectivity index (χ3n) is 4.88. The Balaban J connectivity index is 2.00. The Bertz CT molecular complexity index is 605. The summed E-state index contributed by atoms with van der Waals surface area (Å²) in [4.78, 5) is 31.1. The Morgan fingerprint density at radius 2 is 2.15 bits per heavy atom. The predicted octanol–water partition coefficient (Wildman–Crippen LogP) is 2.55. The molecule has 1 aromatic heterocycles. The Hall–Kier alpha value is -1.47. The highest BCUT2D eigenvalue weighted by molar-refractivity contribution is 7.09. The number of rotatable bonds is 8. The van der Waals surface area contributed by atoms with Crippen LogP contribution in [0.3, 0.4) is 0 Å². The van der Waals surface area contributed by atoms with E-state index in [1.54, 1.807) is 16.2 Å². The van der Waals surface area contributed by atoms with E-state index in [1.807, 2.05) is 26.3 Å². The molecule has 1 fully saturated rings. The molecule has 0 aliphatic heterocycles. The van der Waals surface area contributed by atoms with Crippen molar-refractivity contribution in [3.05, 3.63) is 16.1 Å². The summed E-state index contributed by atoms with van der Waals surface area (Å²) in [5.74, 6) is 0.0615. The predicted molar refractivity (Wildman–Crippen MR) is 103 cm³/mol. The van der Waals surface area contributed by atoms with E-state index < -0.39 is 0 Å². The highest BCUT2D eigenvalue weighted by Crippen LogP contribution is 2.28. The van der Waals surface area contributed by atoms with Crippen LogP contribution in [0.25, 0.3) is 0 Å². The fraction of sp³-hybridized carbons (Fsp3) is 0.737. The second-order valence-corrected chi connectivity index (χ2v) is 8.04. The number of aryl methyl sites for hydroxylation is 1. The Kier molecular flexibility index (Phi) is 8.03. The largest absolute Gasteiger partial charge is 0.376 e. The van der Waals surface area contributed by atoms with Crippen LogP contribution >= 0.6 is 11.3 Å². The first-order chi connectivity index (χ1) is 12.4. The van der Waals surface area contributed by atoms with Gasteiger partial charge in [0.05, 0.1) is 29.3 Å². The summed E-state index contributed by atoms with van der Waals surface area (Å²) in [6.45, 7) is 7.36. The van der Waals surface area contributed by atoms with Gasteiger partial charge >= 0.3 is 0 Å². The highest BCUT2D eigenvalue weighted by Gasteiger charge is 2.36. The molecule has 2 rings (SSSR count). The number of amides is 2. The van der Waals surface area contributed by atoms with Gasteiger partial charge in [-0.25, -0.2) is 4.98 Å². The van der Waals surface area contributed by atoms with Crippen LogP contribution in [0, 0.1) is 12.8 Å². The van der Waals surface area contributed by atoms with Crippen molar-refractivity contribution in [3.8, 4) is 0 Å². The lowest BCUT2D eigenvalue weighted by atomic mass is 9.82. The Labute approximate surface area is 160 Å². The van der Waals surface area contributed by atoms with E-state index in [-0.39, 0.29) is 36.3 Å². The van der Waals surface area contributed by atoms with E-state index in [0.717, 1.165) is 30.0 Å². The van der Waals surface area contributed by atoms with Crippen LogP contribution in [0.1, 0.15) is 50.2 Å². The molecule has 1 aliphatic carbocycles. The zero-order chi connectivity index (χ0) is 19.1. The molecule has 1 heterocycles. The first kappa shape index (κ1) is 20.8. The molecule has 3 atom stereocenters. The van der Waals surface area contributed by atoms with Gasteiger partial charge in [0.1, 0.15) is 0 Å². The van der Waals surface area contributed by atoms with Gasteiger partial charge in [-0.3, -0.25) is 9.59 Å². The average Bonchev–Trinajstić information content (AvgIpc) is 3.03. The monoisotopic (exact) mass is 381 g/mol. The van der Waals surface area contributed by atoms with Gasteiger partial charge in [-0.1, -0.05) is 6.92 Å². The molecule has 0 saturated heterocycles. The van der Waals surface area contributed by atoms with Crippen LogP contribution in [-0.4, -0.2) is 54.0 Å². The minimum absolute atomic E-state index is 0.0212. The third kappa shape index (κ3) is 5.77. The van der Waals surface area contributed by atoms with Crippen LogP contribution in [0.5, 0.6) is 0 Å². The first-order valence-electron chi connectivity index (χ1n) is 9.51. The highest BCUT2D eigenvalue weighted by atomic mass is 32.1. The van der Waals surface area contributed by atoms with Gasteiger partial charge in [0.2, 0.25) is 11.8 Å². The molecule has 26 heavy (non-hydrogen) atoms. The number of thiazole rings is 1. The molecule has 0 radical (unpaired) electrons. The molecule has 0 aromatic carbocycles. The minimum atomic E-state index is -0.123. The average molecular weight is 382 g/mol. The minimum Gasteiger partial charge on any atom is -0.376 e. The van der Waals surface area contributed by atoms with Crippen molar-refractivity contribution in [1.82, 2.24) is 15.2 Å². The van der Waals surface area contributed by atoms with E-state index in [2.05, 4.69) is 17.2 Å². The van der Waals surface area contributed by atoms with Crippen LogP contribution < -0.4 is 5.32 Å². The second kappa shape index (κ2) is 10.0. The van der Waals surface area contributed by atoms with Crippen LogP contribution in [0.2, 0.25) is 0 Å². The zero-order valence-corrected chi connectivity index (χ0v) is 17.1. The van der Waals surface area contributed by atoms with Gasteiger partial charge in [0.15, 0.2) is 0 Å². The number of carbonyl (C=O) groups excluding carboxylic acids is 2. The molecule has 7 heteroatoms. The quantitative estimate of drug-likeness (QED) is 0.751. The van der Waals surface area contributed by atoms with Crippen molar-refractivity contribution in [2.24, 2.45) is 5.92 Å². The standard InChI is InChI=1S/C19H31N3O3S/c1-5-9-25-17-8-7-14(19(24)22(4)6-2)10-16(17)21-18(23)11-15-12-26-13(3)20-15/h12,14,16-17H,5-11H2,1-4H3,(H,21,23)/t14-,16+,17+/m0/s1. The fourth-order valence-electron chi connectivity index (χ4n) is 3.37. The molecular weight excluding hydrogens is 350 g/mol. The van der Waals surface area contributed by atoms with E-state index >= 15 is 0 Å². The summed E-state index contributed by atoms with van der Waals surface area (Å²) in [6.07, 6.45) is 3.45. The number of ether oxygens (including phenoxy) is 1. The number of nitrogens with one attached hydrogen (secondary N) is 1. The number of nitrogens with zero attached hydrogens (tertiary/aromatic N) is 2. The van der Waals surface area contributed by atoms with Crippen LogP contribution in [0.15, 0.2) is 5.38 Å². The lowest BCUT2D eigenvalue weighted by Crippen LogP contribution is -2.51. The fourth-order valence-corrected chi connectivity index (χ4v) is 3.98. The normalized spacial score (nSPS) is 22.8. The summed E-state index contributed by atoms with van der Waals surface area (Å²) < 4.78 is 5.96. The maximum atomic E-state index is 12.5. The Morgan fingerprint density at radius 3 is 2.77 bits per heavy atom. The zero-order valence-electron chi connectivity index (χ0n) is 16.3. The molecule has 1 N–H and O–H groups in total. The van der Waals surface area contributed by atoms with Gasteiger partial charge in [-0.2, -0.15) is 0 Å². The summed E-state index contributed by atoms with van der Waals surface area (Å²) >= 11 is 1.55. The summed E-state index contributed by atoms with van der Waals surface area (Å²) in [6, 6.07) is -0.123. The topological polar surface area (TPSA) is 71.5 Å². The summed E-state index contributed by atoms with van der Waals surface area (Å²) in [5.41, 5.74) is 0.796. The molecule has 0 spiro atoms. The number of aromatic nitrogens is 1. The number of carbonyl (C=O) groups is 2. The van der Waals surface area contributed by atoms with Crippen molar-refractivity contribution in [2.75, 3.05) is 20.2 Å². The molecule has 2 amide bonds. The lowest BCUT2D eigenvalue weighted by molar-refractivity contribution is -0.138. The SMILES string of the molecule is CCCO[C@@H]1CC[C@H](C(=O)N(C)CC)C[C@H]1NC(=O)Cc1csc(C)n1. The van der Waals surface area contributed by atoms with Crippen molar-refractivity contribution >= 4 is 23.2 Å². The van der Waals surface area contributed by atoms with Crippen LogP contribution in [0.4, 0.5) is 0 Å². The molecule has 146 valence electrons. The van der Waals surface area contributed by atoms with E-state index in [1.165, 1.54) is 0 Å². The Morgan fingerprint density at radius 1 is 1.38 bits per heavy atom. The van der Waals surface area contributed by atoms with Gasteiger partial charge in [0.25, 0.3) is 0 Å². The lowest BCUT2D eigenvalue weighted by Gasteiger charge is -2.37.